The average Bonchev–Trinajstić information content (AvgIpc) is 2.73. The van der Waals surface area contributed by atoms with Crippen LogP contribution in [0.5, 0.6) is 5.75 Å². The Balaban J connectivity index is 0.00000341. The monoisotopic (exact) mass is 558 g/mol. The van der Waals surface area contributed by atoms with E-state index in [0.717, 1.165) is 29.5 Å². The molecule has 0 atom stereocenters. The summed E-state index contributed by atoms with van der Waals surface area (Å²) in [6.07, 6.45) is 1.75. The number of hydrogen-bond donors (Lipinski definition) is 1. The van der Waals surface area contributed by atoms with Gasteiger partial charge in [0.05, 0.1) is 22.7 Å². The molecule has 0 saturated carbocycles. The predicted molar refractivity (Wildman–Crippen MR) is 135 cm³/mol. The van der Waals surface area contributed by atoms with Crippen molar-refractivity contribution in [1.29, 1.82) is 0 Å². The van der Waals surface area contributed by atoms with Crippen LogP contribution in [0.3, 0.4) is 0 Å². The van der Waals surface area contributed by atoms with E-state index in [2.05, 4.69) is 10.3 Å². The maximum atomic E-state index is 12.3. The van der Waals surface area contributed by atoms with Crippen LogP contribution in [-0.2, 0) is 23.0 Å². The van der Waals surface area contributed by atoms with E-state index in [0.29, 0.717) is 26.2 Å². The molecule has 0 unspecified atom stereocenters. The van der Waals surface area contributed by atoms with E-state index >= 15 is 0 Å². The lowest BCUT2D eigenvalue weighted by atomic mass is 10.2. The molecular formula is C22H31IN4O3S. The van der Waals surface area contributed by atoms with E-state index in [1.54, 1.807) is 20.0 Å². The molecule has 9 heteroatoms. The van der Waals surface area contributed by atoms with E-state index in [1.165, 1.54) is 0 Å². The Morgan fingerprint density at radius 1 is 1.23 bits per heavy atom. The fraction of sp³-hybridized carbons (Fsp3) is 0.455. The molecule has 1 aromatic heterocycles. The highest BCUT2D eigenvalue weighted by atomic mass is 127. The van der Waals surface area contributed by atoms with Crippen molar-refractivity contribution in [3.05, 3.63) is 59.9 Å². The molecule has 0 spiro atoms. The lowest BCUT2D eigenvalue weighted by molar-refractivity contribution is 0.301. The topological polar surface area (TPSA) is 83.9 Å². The summed E-state index contributed by atoms with van der Waals surface area (Å²) in [5.41, 5.74) is 1.94. The van der Waals surface area contributed by atoms with Crippen molar-refractivity contribution in [2.75, 3.05) is 25.4 Å². The van der Waals surface area contributed by atoms with Crippen molar-refractivity contribution < 1.29 is 13.2 Å². The van der Waals surface area contributed by atoms with Crippen LogP contribution in [0.2, 0.25) is 0 Å². The summed E-state index contributed by atoms with van der Waals surface area (Å²) < 4.78 is 29.6. The highest BCUT2D eigenvalue weighted by molar-refractivity contribution is 14.0. The average molecular weight is 558 g/mol. The second-order valence-electron chi connectivity index (χ2n) is 7.92. The van der Waals surface area contributed by atoms with Crippen LogP contribution in [0.1, 0.15) is 32.0 Å². The van der Waals surface area contributed by atoms with Gasteiger partial charge in [0.2, 0.25) is 0 Å². The molecule has 2 aromatic rings. The third-order valence-electron chi connectivity index (χ3n) is 5.13. The van der Waals surface area contributed by atoms with Crippen LogP contribution in [0.15, 0.2) is 53.7 Å². The zero-order valence-electron chi connectivity index (χ0n) is 18.2. The van der Waals surface area contributed by atoms with Gasteiger partial charge in [0.15, 0.2) is 15.8 Å². The Labute approximate surface area is 202 Å². The van der Waals surface area contributed by atoms with E-state index in [-0.39, 0.29) is 29.7 Å². The van der Waals surface area contributed by atoms with E-state index in [1.807, 2.05) is 54.3 Å². The largest absolute Gasteiger partial charge is 0.487 e. The standard InChI is InChI=1S/C22H30N4O3S.HI/c1-4-23-21(26-13-14-30(27,28)22(2,3)17-26)25-15-18-8-10-20(11-9-18)29-16-19-7-5-6-12-24-19;/h5-12H,4,13-17H2,1-3H3,(H,23,25);1H. The van der Waals surface area contributed by atoms with Gasteiger partial charge >= 0.3 is 0 Å². The number of halogens is 1. The fourth-order valence-corrected chi connectivity index (χ4v) is 4.61. The maximum absolute atomic E-state index is 12.3. The van der Waals surface area contributed by atoms with Crippen LogP contribution >= 0.6 is 24.0 Å². The van der Waals surface area contributed by atoms with E-state index in [4.69, 9.17) is 9.73 Å². The Bertz CT molecular complexity index is 964. The van der Waals surface area contributed by atoms with Crippen molar-refractivity contribution in [3.8, 4) is 5.75 Å². The molecule has 1 N–H and O–H groups in total. The van der Waals surface area contributed by atoms with Crippen LogP contribution < -0.4 is 10.1 Å². The van der Waals surface area contributed by atoms with Gasteiger partial charge < -0.3 is 15.0 Å². The number of nitrogens with zero attached hydrogens (tertiary/aromatic N) is 3. The zero-order valence-corrected chi connectivity index (χ0v) is 21.4. The molecule has 170 valence electrons. The molecule has 2 heterocycles. The van der Waals surface area contributed by atoms with Crippen LogP contribution in [0.4, 0.5) is 0 Å². The number of pyridine rings is 1. The lowest BCUT2D eigenvalue weighted by Gasteiger charge is -2.39. The minimum Gasteiger partial charge on any atom is -0.487 e. The number of benzene rings is 1. The van der Waals surface area contributed by atoms with Crippen molar-refractivity contribution >= 4 is 39.8 Å². The SMILES string of the molecule is CCNC(=NCc1ccc(OCc2ccccn2)cc1)N1CCS(=O)(=O)C(C)(C)C1.I. The number of ether oxygens (including phenoxy) is 1. The Morgan fingerprint density at radius 2 is 1.97 bits per heavy atom. The summed E-state index contributed by atoms with van der Waals surface area (Å²) in [5.74, 6) is 1.67. The quantitative estimate of drug-likeness (QED) is 0.333. The summed E-state index contributed by atoms with van der Waals surface area (Å²) in [4.78, 5) is 11.0. The normalized spacial score (nSPS) is 17.5. The van der Waals surface area contributed by atoms with Gasteiger partial charge in [-0.05, 0) is 50.6 Å². The Morgan fingerprint density at radius 3 is 2.58 bits per heavy atom. The van der Waals surface area contributed by atoms with Gasteiger partial charge in [-0.3, -0.25) is 4.98 Å². The number of guanidine groups is 1. The summed E-state index contributed by atoms with van der Waals surface area (Å²) in [6.45, 7) is 8.11. The van der Waals surface area contributed by atoms with Crippen LogP contribution in [0, 0.1) is 0 Å². The highest BCUT2D eigenvalue weighted by Crippen LogP contribution is 2.24. The van der Waals surface area contributed by atoms with Crippen molar-refractivity contribution in [3.63, 3.8) is 0 Å². The zero-order chi connectivity index (χ0) is 21.6. The number of nitrogens with one attached hydrogen (secondary N) is 1. The smallest absolute Gasteiger partial charge is 0.194 e. The third kappa shape index (κ3) is 6.80. The molecule has 3 rings (SSSR count). The maximum Gasteiger partial charge on any atom is 0.194 e. The Kier molecular flexibility index (Phi) is 9.11. The number of rotatable bonds is 6. The van der Waals surface area contributed by atoms with Gasteiger partial charge in [-0.15, -0.1) is 24.0 Å². The molecule has 1 aromatic carbocycles. The first-order valence-electron chi connectivity index (χ1n) is 10.2. The molecule has 31 heavy (non-hydrogen) atoms. The van der Waals surface area contributed by atoms with Crippen LogP contribution in [-0.4, -0.2) is 54.4 Å². The molecule has 0 amide bonds. The van der Waals surface area contributed by atoms with Gasteiger partial charge in [0.25, 0.3) is 0 Å². The summed E-state index contributed by atoms with van der Waals surface area (Å²) in [5, 5.41) is 3.29. The minimum atomic E-state index is -3.08. The van der Waals surface area contributed by atoms with Gasteiger partial charge in [0, 0.05) is 25.8 Å². The Hall–Kier alpha value is -1.88. The van der Waals surface area contributed by atoms with Crippen LogP contribution in [0.25, 0.3) is 0 Å². The van der Waals surface area contributed by atoms with Crippen molar-refractivity contribution in [2.45, 2.75) is 38.7 Å². The summed E-state index contributed by atoms with van der Waals surface area (Å²) >= 11 is 0. The number of aliphatic imine (C=N–C) groups is 1. The molecule has 1 fully saturated rings. The van der Waals surface area contributed by atoms with Gasteiger partial charge in [-0.1, -0.05) is 18.2 Å². The molecule has 7 nitrogen and oxygen atoms in total. The molecule has 1 aliphatic rings. The summed E-state index contributed by atoms with van der Waals surface area (Å²) in [6, 6.07) is 13.6. The third-order valence-corrected chi connectivity index (χ3v) is 7.66. The second-order valence-corrected chi connectivity index (χ2v) is 10.7. The minimum absolute atomic E-state index is 0. The molecule has 1 saturated heterocycles. The molecule has 1 aliphatic heterocycles. The van der Waals surface area contributed by atoms with Gasteiger partial charge in [0.1, 0.15) is 12.4 Å². The van der Waals surface area contributed by atoms with E-state index < -0.39 is 14.6 Å². The first kappa shape index (κ1) is 25.4. The first-order chi connectivity index (χ1) is 14.3. The fourth-order valence-electron chi connectivity index (χ4n) is 3.25. The van der Waals surface area contributed by atoms with Crippen molar-refractivity contribution in [2.24, 2.45) is 4.99 Å². The number of hydrogen-bond acceptors (Lipinski definition) is 5. The van der Waals surface area contributed by atoms with Gasteiger partial charge in [-0.2, -0.15) is 0 Å². The van der Waals surface area contributed by atoms with Gasteiger partial charge in [-0.25, -0.2) is 13.4 Å². The lowest BCUT2D eigenvalue weighted by Crippen LogP contribution is -2.57. The number of aromatic nitrogens is 1. The number of sulfone groups is 1. The summed E-state index contributed by atoms with van der Waals surface area (Å²) in [7, 11) is -3.08. The predicted octanol–water partition coefficient (Wildman–Crippen LogP) is 3.25. The second kappa shape index (κ2) is 11.1. The molecule has 0 aliphatic carbocycles. The first-order valence-corrected chi connectivity index (χ1v) is 11.8. The molecule has 0 radical (unpaired) electrons. The van der Waals surface area contributed by atoms with Crippen molar-refractivity contribution in [1.82, 2.24) is 15.2 Å². The molecule has 0 bridgehead atoms. The molecular weight excluding hydrogens is 527 g/mol. The van der Waals surface area contributed by atoms with E-state index in [9.17, 15) is 8.42 Å². The highest BCUT2D eigenvalue weighted by Gasteiger charge is 2.40.